The summed E-state index contributed by atoms with van der Waals surface area (Å²) in [5.74, 6) is 0.390. The van der Waals surface area contributed by atoms with Gasteiger partial charge < -0.3 is 24.8 Å². The van der Waals surface area contributed by atoms with Crippen molar-refractivity contribution in [2.45, 2.75) is 18.9 Å². The van der Waals surface area contributed by atoms with E-state index in [1.54, 1.807) is 4.90 Å². The van der Waals surface area contributed by atoms with Crippen LogP contribution in [-0.2, 0) is 19.1 Å². The summed E-state index contributed by atoms with van der Waals surface area (Å²) in [5.41, 5.74) is 8.22. The van der Waals surface area contributed by atoms with Crippen LogP contribution in [0.1, 0.15) is 18.4 Å². The lowest BCUT2D eigenvalue weighted by Crippen LogP contribution is -2.41. The first-order valence-corrected chi connectivity index (χ1v) is 10.4. The number of esters is 1. The molecule has 0 spiro atoms. The van der Waals surface area contributed by atoms with Gasteiger partial charge in [0.15, 0.2) is 0 Å². The summed E-state index contributed by atoms with van der Waals surface area (Å²) >= 11 is 0. The number of carbonyl (C=O) groups is 2. The van der Waals surface area contributed by atoms with Gasteiger partial charge in [-0.15, -0.1) is 12.4 Å². The van der Waals surface area contributed by atoms with Crippen molar-refractivity contribution in [1.29, 1.82) is 5.41 Å². The molecule has 0 aromatic heterocycles. The van der Waals surface area contributed by atoms with Crippen LogP contribution in [0.5, 0.6) is 5.75 Å². The maximum absolute atomic E-state index is 12.4. The Balaban J connectivity index is 0.00000385. The fourth-order valence-electron chi connectivity index (χ4n) is 3.93. The number of likely N-dealkylation sites (tertiary alicyclic amines) is 1. The summed E-state index contributed by atoms with van der Waals surface area (Å²) in [7, 11) is 2.85. The highest BCUT2D eigenvalue weighted by molar-refractivity contribution is 5.95. The third-order valence-corrected chi connectivity index (χ3v) is 5.60. The highest BCUT2D eigenvalue weighted by atomic mass is 35.5. The van der Waals surface area contributed by atoms with E-state index in [0.29, 0.717) is 30.9 Å². The highest BCUT2D eigenvalue weighted by Crippen LogP contribution is 2.28. The predicted octanol–water partition coefficient (Wildman–Crippen LogP) is 2.86. The van der Waals surface area contributed by atoms with E-state index in [9.17, 15) is 9.59 Å². The highest BCUT2D eigenvalue weighted by Gasteiger charge is 2.36. The van der Waals surface area contributed by atoms with Crippen LogP contribution in [0.25, 0.3) is 11.1 Å². The van der Waals surface area contributed by atoms with E-state index >= 15 is 0 Å². The van der Waals surface area contributed by atoms with Crippen molar-refractivity contribution in [3.8, 4) is 16.9 Å². The third-order valence-electron chi connectivity index (χ3n) is 5.60. The van der Waals surface area contributed by atoms with Crippen molar-refractivity contribution in [3.63, 3.8) is 0 Å². The van der Waals surface area contributed by atoms with Crippen molar-refractivity contribution in [1.82, 2.24) is 4.90 Å². The maximum Gasteiger partial charge on any atom is 0.305 e. The lowest BCUT2D eigenvalue weighted by atomic mass is 10.0. The molecule has 0 bridgehead atoms. The number of ether oxygens (including phenoxy) is 3. The van der Waals surface area contributed by atoms with Gasteiger partial charge in [0.25, 0.3) is 0 Å². The van der Waals surface area contributed by atoms with E-state index in [2.05, 4.69) is 0 Å². The van der Waals surface area contributed by atoms with E-state index in [-0.39, 0.29) is 55.1 Å². The topological polar surface area (TPSA) is 115 Å². The number of nitrogens with zero attached hydrogens (tertiary/aromatic N) is 1. The largest absolute Gasteiger partial charge is 0.491 e. The van der Waals surface area contributed by atoms with Crippen molar-refractivity contribution in [3.05, 3.63) is 54.1 Å². The number of nitrogens with two attached hydrogens (primary N) is 1. The summed E-state index contributed by atoms with van der Waals surface area (Å²) in [4.78, 5) is 25.8. The Hall–Kier alpha value is -3.10. The number of hydrogen-bond acceptors (Lipinski definition) is 6. The molecule has 33 heavy (non-hydrogen) atoms. The zero-order valence-corrected chi connectivity index (χ0v) is 19.6. The van der Waals surface area contributed by atoms with E-state index in [1.807, 2.05) is 48.5 Å². The lowest BCUT2D eigenvalue weighted by Gasteiger charge is -2.24. The zero-order valence-electron chi connectivity index (χ0n) is 18.8. The minimum absolute atomic E-state index is 0. The molecular weight excluding hydrogens is 446 g/mol. The third kappa shape index (κ3) is 6.94. The average Bonchev–Trinajstić information content (AvgIpc) is 3.20. The molecule has 3 rings (SSSR count). The molecule has 1 aliphatic rings. The molecule has 0 unspecified atom stereocenters. The number of benzene rings is 2. The SMILES string of the molecule is COCC(=O)N1C[C@H](CC(=O)OC)C[C@H]1COc1ccc(-c2ccc(C(=N)N)cc2)cc1.Cl. The van der Waals surface area contributed by atoms with Crippen LogP contribution in [0.3, 0.4) is 0 Å². The van der Waals surface area contributed by atoms with Crippen LogP contribution >= 0.6 is 12.4 Å². The monoisotopic (exact) mass is 475 g/mol. The maximum atomic E-state index is 12.4. The second-order valence-electron chi connectivity index (χ2n) is 7.84. The second-order valence-corrected chi connectivity index (χ2v) is 7.84. The van der Waals surface area contributed by atoms with E-state index in [4.69, 9.17) is 25.4 Å². The Morgan fingerprint density at radius 2 is 1.67 bits per heavy atom. The second kappa shape index (κ2) is 12.2. The number of hydrogen-bond donors (Lipinski definition) is 2. The molecule has 1 amide bonds. The summed E-state index contributed by atoms with van der Waals surface area (Å²) in [5, 5.41) is 7.48. The number of halogens is 1. The van der Waals surface area contributed by atoms with E-state index in [0.717, 1.165) is 11.1 Å². The standard InChI is InChI=1S/C24H29N3O5.ClH/c1-30-15-22(28)27-13-16(12-23(29)31-2)11-20(27)14-32-21-9-7-18(8-10-21)17-3-5-19(6-4-17)24(25)26;/h3-10,16,20H,11-15H2,1-2H3,(H3,25,26);1H/t16-,20-;/m0./s1. The summed E-state index contributed by atoms with van der Waals surface area (Å²) in [6.07, 6.45) is 0.950. The first kappa shape index (κ1) is 26.2. The molecule has 0 saturated carbocycles. The molecule has 1 saturated heterocycles. The number of methoxy groups -OCH3 is 2. The molecule has 2 aromatic carbocycles. The molecule has 3 N–H and O–H groups in total. The van der Waals surface area contributed by atoms with Gasteiger partial charge in [-0.2, -0.15) is 0 Å². The van der Waals surface area contributed by atoms with Crippen molar-refractivity contribution in [2.24, 2.45) is 11.7 Å². The Bertz CT molecular complexity index is 950. The van der Waals surface area contributed by atoms with Crippen LogP contribution in [0, 0.1) is 11.3 Å². The Kier molecular flexibility index (Phi) is 9.69. The minimum atomic E-state index is -0.275. The minimum Gasteiger partial charge on any atom is -0.491 e. The van der Waals surface area contributed by atoms with Gasteiger partial charge in [0.1, 0.15) is 24.8 Å². The number of rotatable bonds is 9. The fourth-order valence-corrected chi connectivity index (χ4v) is 3.93. The molecular formula is C24H30ClN3O5. The van der Waals surface area contributed by atoms with Crippen LogP contribution in [-0.4, -0.2) is 62.6 Å². The van der Waals surface area contributed by atoms with Gasteiger partial charge >= 0.3 is 5.97 Å². The lowest BCUT2D eigenvalue weighted by molar-refractivity contribution is -0.142. The number of nitrogen functional groups attached to an aromatic ring is 1. The van der Waals surface area contributed by atoms with Crippen molar-refractivity contribution in [2.75, 3.05) is 34.0 Å². The molecule has 178 valence electrons. The molecule has 1 aliphatic heterocycles. The van der Waals surface area contributed by atoms with Gasteiger partial charge in [-0.3, -0.25) is 15.0 Å². The Labute approximate surface area is 199 Å². The Morgan fingerprint density at radius 1 is 1.06 bits per heavy atom. The quantitative estimate of drug-likeness (QED) is 0.327. The zero-order chi connectivity index (χ0) is 23.1. The molecule has 1 heterocycles. The van der Waals surface area contributed by atoms with Gasteiger partial charge in [0.05, 0.1) is 19.6 Å². The molecule has 2 aromatic rings. The van der Waals surface area contributed by atoms with Crippen molar-refractivity contribution < 1.29 is 23.8 Å². The van der Waals surface area contributed by atoms with Gasteiger partial charge in [-0.1, -0.05) is 36.4 Å². The van der Waals surface area contributed by atoms with Crippen LogP contribution < -0.4 is 10.5 Å². The smallest absolute Gasteiger partial charge is 0.305 e. The molecule has 1 fully saturated rings. The predicted molar refractivity (Wildman–Crippen MR) is 128 cm³/mol. The van der Waals surface area contributed by atoms with Crippen LogP contribution in [0.4, 0.5) is 0 Å². The van der Waals surface area contributed by atoms with E-state index in [1.165, 1.54) is 14.2 Å². The number of carbonyl (C=O) groups excluding carboxylic acids is 2. The van der Waals surface area contributed by atoms with Gasteiger partial charge in [0, 0.05) is 19.2 Å². The summed E-state index contributed by atoms with van der Waals surface area (Å²) < 4.78 is 15.7. The average molecular weight is 476 g/mol. The first-order valence-electron chi connectivity index (χ1n) is 10.4. The van der Waals surface area contributed by atoms with Gasteiger partial charge in [-0.05, 0) is 35.6 Å². The molecule has 0 radical (unpaired) electrons. The number of amidine groups is 1. The summed E-state index contributed by atoms with van der Waals surface area (Å²) in [6, 6.07) is 15.0. The van der Waals surface area contributed by atoms with Crippen molar-refractivity contribution >= 4 is 30.1 Å². The number of nitrogens with one attached hydrogen (secondary N) is 1. The Morgan fingerprint density at radius 3 is 2.21 bits per heavy atom. The van der Waals surface area contributed by atoms with Gasteiger partial charge in [0.2, 0.25) is 5.91 Å². The first-order chi connectivity index (χ1) is 15.4. The normalized spacial score (nSPS) is 17.2. The van der Waals surface area contributed by atoms with E-state index < -0.39 is 0 Å². The van der Waals surface area contributed by atoms with Crippen LogP contribution in [0.15, 0.2) is 48.5 Å². The fraction of sp³-hybridized carbons (Fsp3) is 0.375. The molecule has 0 aliphatic carbocycles. The molecule has 2 atom stereocenters. The molecule has 9 heteroatoms. The molecule has 8 nitrogen and oxygen atoms in total. The van der Waals surface area contributed by atoms with Gasteiger partial charge in [-0.25, -0.2) is 0 Å². The van der Waals surface area contributed by atoms with Crippen LogP contribution in [0.2, 0.25) is 0 Å². The number of amides is 1. The summed E-state index contributed by atoms with van der Waals surface area (Å²) in [6.45, 7) is 0.818.